The lowest BCUT2D eigenvalue weighted by molar-refractivity contribution is -0.113. The van der Waals surface area contributed by atoms with Crippen LogP contribution in [-0.2, 0) is 11.2 Å². The van der Waals surface area contributed by atoms with E-state index in [1.807, 2.05) is 30.3 Å². The van der Waals surface area contributed by atoms with Crippen molar-refractivity contribution in [3.63, 3.8) is 0 Å². The lowest BCUT2D eigenvalue weighted by Gasteiger charge is -2.05. The zero-order valence-electron chi connectivity index (χ0n) is 9.91. The zero-order valence-corrected chi connectivity index (χ0v) is 9.91. The maximum atomic E-state index is 11.7. The highest BCUT2D eigenvalue weighted by atomic mass is 16.1. The van der Waals surface area contributed by atoms with Gasteiger partial charge in [-0.25, -0.2) is 0 Å². The fourth-order valence-corrected chi connectivity index (χ4v) is 1.93. The maximum absolute atomic E-state index is 11.7. The van der Waals surface area contributed by atoms with Gasteiger partial charge in [-0.3, -0.25) is 4.79 Å². The molecule has 0 spiro atoms. The van der Waals surface area contributed by atoms with Crippen LogP contribution in [0, 0.1) is 11.8 Å². The van der Waals surface area contributed by atoms with E-state index in [9.17, 15) is 4.79 Å². The van der Waals surface area contributed by atoms with E-state index in [0.29, 0.717) is 6.42 Å². The molecule has 0 N–H and O–H groups in total. The first-order valence-electron chi connectivity index (χ1n) is 6.12. The summed E-state index contributed by atoms with van der Waals surface area (Å²) in [5.41, 5.74) is 2.17. The quantitative estimate of drug-likeness (QED) is 0.556. The van der Waals surface area contributed by atoms with Crippen molar-refractivity contribution in [2.75, 3.05) is 0 Å². The molecule has 0 aliphatic heterocycles. The molecule has 0 aromatic heterocycles. The molecule has 1 aromatic rings. The molecule has 0 unspecified atom stereocenters. The normalized spacial score (nSPS) is 14.5. The molecule has 0 fully saturated rings. The maximum Gasteiger partial charge on any atom is 0.210 e. The van der Waals surface area contributed by atoms with Gasteiger partial charge >= 0.3 is 0 Å². The Hall–Kier alpha value is -1.81. The number of carbonyl (C=O) groups excluding carboxylic acids is 1. The van der Waals surface area contributed by atoms with Gasteiger partial charge in [-0.15, -0.1) is 0 Å². The number of ketones is 1. The SMILES string of the molecule is O=C(C#CC1=CCCCC1)Cc1ccccc1. The molecule has 17 heavy (non-hydrogen) atoms. The third kappa shape index (κ3) is 3.92. The summed E-state index contributed by atoms with van der Waals surface area (Å²) >= 11 is 0. The topological polar surface area (TPSA) is 17.1 Å². The van der Waals surface area contributed by atoms with Crippen LogP contribution in [0.2, 0.25) is 0 Å². The van der Waals surface area contributed by atoms with Crippen LogP contribution in [0.1, 0.15) is 31.2 Å². The molecule has 1 nitrogen and oxygen atoms in total. The predicted molar refractivity (Wildman–Crippen MR) is 69.5 cm³/mol. The van der Waals surface area contributed by atoms with Crippen LogP contribution in [0.3, 0.4) is 0 Å². The fraction of sp³-hybridized carbons (Fsp3) is 0.312. The Balaban J connectivity index is 1.93. The molecule has 0 bridgehead atoms. The van der Waals surface area contributed by atoms with Gasteiger partial charge in [-0.05, 0) is 42.7 Å². The summed E-state index contributed by atoms with van der Waals surface area (Å²) in [7, 11) is 0. The Morgan fingerprint density at radius 2 is 2.00 bits per heavy atom. The standard InChI is InChI=1S/C16H16O/c17-16(13-15-9-5-2-6-10-15)12-11-14-7-3-1-4-8-14/h2,5-7,9-10H,1,3-4,8,13H2. The van der Waals surface area contributed by atoms with Crippen molar-refractivity contribution in [1.29, 1.82) is 0 Å². The van der Waals surface area contributed by atoms with Crippen LogP contribution in [0.25, 0.3) is 0 Å². The van der Waals surface area contributed by atoms with Crippen LogP contribution in [0.5, 0.6) is 0 Å². The summed E-state index contributed by atoms with van der Waals surface area (Å²) in [6, 6.07) is 9.75. The fourth-order valence-electron chi connectivity index (χ4n) is 1.93. The zero-order chi connectivity index (χ0) is 11.9. The number of carbonyl (C=O) groups is 1. The van der Waals surface area contributed by atoms with Crippen LogP contribution >= 0.6 is 0 Å². The average molecular weight is 224 g/mol. The van der Waals surface area contributed by atoms with Crippen molar-refractivity contribution in [2.24, 2.45) is 0 Å². The summed E-state index contributed by atoms with van der Waals surface area (Å²) < 4.78 is 0. The first kappa shape index (κ1) is 11.7. The molecule has 86 valence electrons. The number of Topliss-reactive ketones (excluding diaryl/α,β-unsaturated/α-hetero) is 1. The van der Waals surface area contributed by atoms with Gasteiger partial charge in [0.15, 0.2) is 0 Å². The highest BCUT2D eigenvalue weighted by Gasteiger charge is 2.02. The highest BCUT2D eigenvalue weighted by Crippen LogP contribution is 2.16. The number of hydrogen-bond donors (Lipinski definition) is 0. The minimum atomic E-state index is 0.00248. The van der Waals surface area contributed by atoms with Gasteiger partial charge in [0, 0.05) is 6.42 Å². The monoisotopic (exact) mass is 224 g/mol. The molecular weight excluding hydrogens is 208 g/mol. The molecule has 1 heteroatoms. The van der Waals surface area contributed by atoms with E-state index < -0.39 is 0 Å². The summed E-state index contributed by atoms with van der Waals surface area (Å²) in [5.74, 6) is 5.75. The molecule has 0 amide bonds. The van der Waals surface area contributed by atoms with E-state index in [4.69, 9.17) is 0 Å². The smallest absolute Gasteiger partial charge is 0.210 e. The Kier molecular flexibility index (Phi) is 4.16. The molecular formula is C16H16O. The lowest BCUT2D eigenvalue weighted by atomic mass is 10.00. The largest absolute Gasteiger partial charge is 0.285 e. The van der Waals surface area contributed by atoms with Gasteiger partial charge in [0.25, 0.3) is 0 Å². The minimum absolute atomic E-state index is 0.00248. The molecule has 1 aliphatic carbocycles. The molecule has 1 aromatic carbocycles. The molecule has 2 rings (SSSR count). The Morgan fingerprint density at radius 3 is 2.71 bits per heavy atom. The average Bonchev–Trinajstić information content (AvgIpc) is 2.39. The second-order valence-corrected chi connectivity index (χ2v) is 4.31. The van der Waals surface area contributed by atoms with Crippen LogP contribution in [0.15, 0.2) is 42.0 Å². The summed E-state index contributed by atoms with van der Waals surface area (Å²) in [4.78, 5) is 11.7. The molecule has 0 saturated heterocycles. The Labute approximate surface area is 103 Å². The molecule has 0 radical (unpaired) electrons. The van der Waals surface area contributed by atoms with E-state index in [2.05, 4.69) is 17.9 Å². The van der Waals surface area contributed by atoms with Gasteiger partial charge in [-0.1, -0.05) is 42.3 Å². The number of hydrogen-bond acceptors (Lipinski definition) is 1. The second kappa shape index (κ2) is 6.06. The Morgan fingerprint density at radius 1 is 1.18 bits per heavy atom. The summed E-state index contributed by atoms with van der Waals surface area (Å²) in [5, 5.41) is 0. The lowest BCUT2D eigenvalue weighted by Crippen LogP contribution is -1.99. The van der Waals surface area contributed by atoms with Crippen molar-refractivity contribution in [3.8, 4) is 11.8 Å². The van der Waals surface area contributed by atoms with E-state index in [0.717, 1.165) is 24.0 Å². The number of benzene rings is 1. The van der Waals surface area contributed by atoms with Crippen LogP contribution in [-0.4, -0.2) is 5.78 Å². The van der Waals surface area contributed by atoms with Gasteiger partial charge in [0.1, 0.15) is 0 Å². The molecule has 0 saturated carbocycles. The van der Waals surface area contributed by atoms with Crippen LogP contribution < -0.4 is 0 Å². The molecule has 0 heterocycles. The summed E-state index contributed by atoms with van der Waals surface area (Å²) in [6.07, 6.45) is 7.17. The first-order valence-corrected chi connectivity index (χ1v) is 6.12. The Bertz CT molecular complexity index is 471. The first-order chi connectivity index (χ1) is 8.34. The van der Waals surface area contributed by atoms with E-state index in [1.165, 1.54) is 12.8 Å². The van der Waals surface area contributed by atoms with Crippen molar-refractivity contribution < 1.29 is 4.79 Å². The summed E-state index contributed by atoms with van der Waals surface area (Å²) in [6.45, 7) is 0. The van der Waals surface area contributed by atoms with E-state index in [-0.39, 0.29) is 5.78 Å². The van der Waals surface area contributed by atoms with E-state index >= 15 is 0 Å². The van der Waals surface area contributed by atoms with Crippen molar-refractivity contribution in [2.45, 2.75) is 32.1 Å². The van der Waals surface area contributed by atoms with Crippen LogP contribution in [0.4, 0.5) is 0 Å². The van der Waals surface area contributed by atoms with E-state index in [1.54, 1.807) is 0 Å². The third-order valence-corrected chi connectivity index (χ3v) is 2.86. The van der Waals surface area contributed by atoms with Crippen molar-refractivity contribution in [1.82, 2.24) is 0 Å². The third-order valence-electron chi connectivity index (χ3n) is 2.86. The molecule has 1 aliphatic rings. The minimum Gasteiger partial charge on any atom is -0.285 e. The van der Waals surface area contributed by atoms with Crippen molar-refractivity contribution in [3.05, 3.63) is 47.5 Å². The molecule has 0 atom stereocenters. The van der Waals surface area contributed by atoms with Crippen molar-refractivity contribution >= 4 is 5.78 Å². The predicted octanol–water partition coefficient (Wildman–Crippen LogP) is 3.30. The second-order valence-electron chi connectivity index (χ2n) is 4.31. The number of rotatable bonds is 2. The van der Waals surface area contributed by atoms with Gasteiger partial charge in [0.2, 0.25) is 5.78 Å². The van der Waals surface area contributed by atoms with Gasteiger partial charge in [0.05, 0.1) is 0 Å². The highest BCUT2D eigenvalue weighted by molar-refractivity contribution is 5.97. The van der Waals surface area contributed by atoms with Gasteiger partial charge in [-0.2, -0.15) is 0 Å². The van der Waals surface area contributed by atoms with Gasteiger partial charge < -0.3 is 0 Å². The number of allylic oxidation sites excluding steroid dienone is 2.